The van der Waals surface area contributed by atoms with Gasteiger partial charge in [0.15, 0.2) is 0 Å². The summed E-state index contributed by atoms with van der Waals surface area (Å²) in [5, 5.41) is 9.55. The van der Waals surface area contributed by atoms with Gasteiger partial charge in [0.25, 0.3) is 0 Å². The van der Waals surface area contributed by atoms with Crippen LogP contribution >= 0.6 is 0 Å². The second-order valence-corrected chi connectivity index (χ2v) is 5.08. The fourth-order valence-electron chi connectivity index (χ4n) is 2.54. The van der Waals surface area contributed by atoms with E-state index in [1.165, 1.54) is 11.1 Å². The topological polar surface area (TPSA) is 29.5 Å². The second-order valence-electron chi connectivity index (χ2n) is 5.08. The number of ether oxygens (including phenoxy) is 1. The van der Waals surface area contributed by atoms with Gasteiger partial charge in [-0.15, -0.1) is 0 Å². The van der Waals surface area contributed by atoms with Crippen LogP contribution < -0.4 is 0 Å². The molecular weight excluding hydrogens is 212 g/mol. The van der Waals surface area contributed by atoms with Crippen molar-refractivity contribution >= 4 is 0 Å². The molecule has 1 aliphatic heterocycles. The van der Waals surface area contributed by atoms with E-state index >= 15 is 0 Å². The minimum absolute atomic E-state index is 0.250. The SMILES string of the molecule is Cc1ccc(C(CO)CC2CCOCC2)cc1. The van der Waals surface area contributed by atoms with Crippen molar-refractivity contribution in [3.05, 3.63) is 35.4 Å². The second kappa shape index (κ2) is 6.18. The number of aliphatic hydroxyl groups is 1. The molecular formula is C15H22O2. The van der Waals surface area contributed by atoms with Gasteiger partial charge in [0.2, 0.25) is 0 Å². The lowest BCUT2D eigenvalue weighted by Crippen LogP contribution is -2.19. The Morgan fingerprint density at radius 3 is 2.47 bits per heavy atom. The summed E-state index contributed by atoms with van der Waals surface area (Å²) in [6.07, 6.45) is 3.37. The maximum absolute atomic E-state index is 9.55. The zero-order valence-electron chi connectivity index (χ0n) is 10.6. The summed E-state index contributed by atoms with van der Waals surface area (Å²) >= 11 is 0. The number of hydrogen-bond donors (Lipinski definition) is 1. The third-order valence-corrected chi connectivity index (χ3v) is 3.73. The maximum Gasteiger partial charge on any atom is 0.0499 e. The van der Waals surface area contributed by atoms with Gasteiger partial charge in [0.1, 0.15) is 0 Å². The van der Waals surface area contributed by atoms with Gasteiger partial charge in [-0.1, -0.05) is 29.8 Å². The first-order valence-electron chi connectivity index (χ1n) is 6.54. The Hall–Kier alpha value is -0.860. The number of aliphatic hydroxyl groups excluding tert-OH is 1. The fraction of sp³-hybridized carbons (Fsp3) is 0.600. The summed E-state index contributed by atoms with van der Waals surface area (Å²) in [7, 11) is 0. The summed E-state index contributed by atoms with van der Waals surface area (Å²) in [6, 6.07) is 8.55. The minimum Gasteiger partial charge on any atom is -0.396 e. The summed E-state index contributed by atoms with van der Waals surface area (Å²) in [6.45, 7) is 4.12. The van der Waals surface area contributed by atoms with Crippen molar-refractivity contribution in [1.29, 1.82) is 0 Å². The molecule has 1 aromatic rings. The molecule has 2 rings (SSSR count). The summed E-state index contributed by atoms with van der Waals surface area (Å²) in [4.78, 5) is 0. The highest BCUT2D eigenvalue weighted by Crippen LogP contribution is 2.29. The van der Waals surface area contributed by atoms with Crippen molar-refractivity contribution in [1.82, 2.24) is 0 Å². The molecule has 2 nitrogen and oxygen atoms in total. The Morgan fingerprint density at radius 1 is 1.24 bits per heavy atom. The van der Waals surface area contributed by atoms with Crippen molar-refractivity contribution in [2.75, 3.05) is 19.8 Å². The molecule has 0 amide bonds. The average Bonchev–Trinajstić information content (AvgIpc) is 2.38. The molecule has 0 spiro atoms. The summed E-state index contributed by atoms with van der Waals surface area (Å²) in [5.41, 5.74) is 2.54. The van der Waals surface area contributed by atoms with Crippen LogP contribution in [0.3, 0.4) is 0 Å². The highest BCUT2D eigenvalue weighted by Gasteiger charge is 2.19. The molecule has 1 N–H and O–H groups in total. The van der Waals surface area contributed by atoms with Crippen molar-refractivity contribution in [2.45, 2.75) is 32.1 Å². The van der Waals surface area contributed by atoms with E-state index in [0.29, 0.717) is 11.8 Å². The molecule has 0 aromatic heterocycles. The lowest BCUT2D eigenvalue weighted by atomic mass is 9.85. The van der Waals surface area contributed by atoms with Gasteiger partial charge >= 0.3 is 0 Å². The zero-order valence-corrected chi connectivity index (χ0v) is 10.6. The van der Waals surface area contributed by atoms with Gasteiger partial charge in [-0.25, -0.2) is 0 Å². The van der Waals surface area contributed by atoms with E-state index in [4.69, 9.17) is 4.74 Å². The van der Waals surface area contributed by atoms with Crippen LogP contribution in [0.5, 0.6) is 0 Å². The van der Waals surface area contributed by atoms with Crippen LogP contribution in [0.25, 0.3) is 0 Å². The Morgan fingerprint density at radius 2 is 1.88 bits per heavy atom. The molecule has 1 aromatic carbocycles. The third kappa shape index (κ3) is 3.55. The van der Waals surface area contributed by atoms with Gasteiger partial charge in [0.05, 0.1) is 0 Å². The summed E-state index contributed by atoms with van der Waals surface area (Å²) in [5.74, 6) is 1.00. The molecule has 2 heteroatoms. The van der Waals surface area contributed by atoms with Crippen LogP contribution in [-0.2, 0) is 4.74 Å². The van der Waals surface area contributed by atoms with Crippen molar-refractivity contribution in [3.8, 4) is 0 Å². The molecule has 1 fully saturated rings. The molecule has 0 aliphatic carbocycles. The molecule has 94 valence electrons. The molecule has 17 heavy (non-hydrogen) atoms. The number of rotatable bonds is 4. The van der Waals surface area contributed by atoms with Gasteiger partial charge < -0.3 is 9.84 Å². The Kier molecular flexibility index (Phi) is 4.57. The summed E-state index contributed by atoms with van der Waals surface area (Å²) < 4.78 is 5.37. The number of aryl methyl sites for hydroxylation is 1. The zero-order chi connectivity index (χ0) is 12.1. The van der Waals surface area contributed by atoms with E-state index in [2.05, 4.69) is 31.2 Å². The lowest BCUT2D eigenvalue weighted by molar-refractivity contribution is 0.0591. The smallest absolute Gasteiger partial charge is 0.0499 e. The number of hydrogen-bond acceptors (Lipinski definition) is 2. The Balaban J connectivity index is 1.97. The van der Waals surface area contributed by atoms with Crippen LogP contribution in [0.4, 0.5) is 0 Å². The van der Waals surface area contributed by atoms with E-state index < -0.39 is 0 Å². The van der Waals surface area contributed by atoms with Crippen molar-refractivity contribution in [2.24, 2.45) is 5.92 Å². The first kappa shape index (κ1) is 12.6. The molecule has 1 unspecified atom stereocenters. The van der Waals surface area contributed by atoms with E-state index in [-0.39, 0.29) is 6.61 Å². The highest BCUT2D eigenvalue weighted by atomic mass is 16.5. The standard InChI is InChI=1S/C15H22O2/c1-12-2-4-14(5-3-12)15(11-16)10-13-6-8-17-9-7-13/h2-5,13,15-16H,6-11H2,1H3. The minimum atomic E-state index is 0.250. The van der Waals surface area contributed by atoms with E-state index in [0.717, 1.165) is 32.5 Å². The third-order valence-electron chi connectivity index (χ3n) is 3.73. The predicted molar refractivity (Wildman–Crippen MR) is 69.2 cm³/mol. The maximum atomic E-state index is 9.55. The molecule has 1 heterocycles. The number of benzene rings is 1. The molecule has 1 atom stereocenters. The first-order chi connectivity index (χ1) is 8.29. The van der Waals surface area contributed by atoms with Gasteiger partial charge in [-0.05, 0) is 37.7 Å². The molecule has 0 saturated carbocycles. The average molecular weight is 234 g/mol. The molecule has 0 bridgehead atoms. The van der Waals surface area contributed by atoms with E-state index in [9.17, 15) is 5.11 Å². The normalized spacial score (nSPS) is 19.2. The molecule has 1 aliphatic rings. The Labute approximate surface area is 104 Å². The molecule has 1 saturated heterocycles. The highest BCUT2D eigenvalue weighted by molar-refractivity contribution is 5.24. The van der Waals surface area contributed by atoms with Crippen LogP contribution in [-0.4, -0.2) is 24.9 Å². The van der Waals surface area contributed by atoms with Gasteiger partial charge in [0, 0.05) is 25.7 Å². The quantitative estimate of drug-likeness (QED) is 0.868. The van der Waals surface area contributed by atoms with E-state index in [1.54, 1.807) is 0 Å². The predicted octanol–water partition coefficient (Wildman–Crippen LogP) is 2.89. The van der Waals surface area contributed by atoms with Crippen LogP contribution in [0, 0.1) is 12.8 Å². The van der Waals surface area contributed by atoms with Crippen LogP contribution in [0.15, 0.2) is 24.3 Å². The largest absolute Gasteiger partial charge is 0.396 e. The van der Waals surface area contributed by atoms with Gasteiger partial charge in [-0.2, -0.15) is 0 Å². The monoisotopic (exact) mass is 234 g/mol. The van der Waals surface area contributed by atoms with Gasteiger partial charge in [-0.3, -0.25) is 0 Å². The Bertz CT molecular complexity index is 325. The van der Waals surface area contributed by atoms with Crippen molar-refractivity contribution in [3.63, 3.8) is 0 Å². The molecule has 0 radical (unpaired) electrons. The first-order valence-corrected chi connectivity index (χ1v) is 6.54. The lowest BCUT2D eigenvalue weighted by Gasteiger charge is -2.26. The van der Waals surface area contributed by atoms with Crippen LogP contribution in [0.2, 0.25) is 0 Å². The van der Waals surface area contributed by atoms with Crippen LogP contribution in [0.1, 0.15) is 36.3 Å². The fourth-order valence-corrected chi connectivity index (χ4v) is 2.54. The van der Waals surface area contributed by atoms with Crippen molar-refractivity contribution < 1.29 is 9.84 Å². The van der Waals surface area contributed by atoms with E-state index in [1.807, 2.05) is 0 Å².